The molecule has 0 aliphatic rings. The Morgan fingerprint density at radius 3 is 3.00 bits per heavy atom. The topological polar surface area (TPSA) is 24.9 Å². The van der Waals surface area contributed by atoms with E-state index in [0.717, 1.165) is 30.1 Å². The Morgan fingerprint density at radius 1 is 1.44 bits per heavy atom. The van der Waals surface area contributed by atoms with Gasteiger partial charge >= 0.3 is 0 Å². The van der Waals surface area contributed by atoms with Crippen LogP contribution in [-0.4, -0.2) is 11.5 Å². The summed E-state index contributed by atoms with van der Waals surface area (Å²) in [6, 6.07) is 5.09. The van der Waals surface area contributed by atoms with Crippen molar-refractivity contribution in [3.05, 3.63) is 39.6 Å². The van der Waals surface area contributed by atoms with Gasteiger partial charge in [0, 0.05) is 23.2 Å². The van der Waals surface area contributed by atoms with E-state index in [9.17, 15) is 4.39 Å². The molecule has 18 heavy (non-hydrogen) atoms. The van der Waals surface area contributed by atoms with Crippen molar-refractivity contribution in [3.8, 4) is 10.6 Å². The minimum absolute atomic E-state index is 0.256. The van der Waals surface area contributed by atoms with Crippen LogP contribution in [0.5, 0.6) is 0 Å². The second-order valence-corrected chi connectivity index (χ2v) is 5.91. The molecule has 0 atom stereocenters. The molecule has 0 aliphatic heterocycles. The Balaban J connectivity index is 2.11. The first kappa shape index (κ1) is 13.6. The van der Waals surface area contributed by atoms with Crippen molar-refractivity contribution in [2.24, 2.45) is 0 Å². The van der Waals surface area contributed by atoms with Gasteiger partial charge in [0.15, 0.2) is 0 Å². The zero-order valence-corrected chi connectivity index (χ0v) is 12.4. The summed E-state index contributed by atoms with van der Waals surface area (Å²) in [4.78, 5) is 5.50. The van der Waals surface area contributed by atoms with E-state index in [-0.39, 0.29) is 5.82 Å². The van der Waals surface area contributed by atoms with Gasteiger partial charge in [0.1, 0.15) is 10.8 Å². The van der Waals surface area contributed by atoms with E-state index in [1.807, 2.05) is 12.3 Å². The fraction of sp³-hybridized carbons (Fsp3) is 0.308. The van der Waals surface area contributed by atoms with Crippen LogP contribution in [0.15, 0.2) is 28.9 Å². The summed E-state index contributed by atoms with van der Waals surface area (Å²) >= 11 is 4.74. The zero-order valence-electron chi connectivity index (χ0n) is 10.0. The van der Waals surface area contributed by atoms with Gasteiger partial charge in [-0.1, -0.05) is 13.0 Å². The maximum Gasteiger partial charge on any atom is 0.138 e. The van der Waals surface area contributed by atoms with Crippen molar-refractivity contribution in [3.63, 3.8) is 0 Å². The highest BCUT2D eigenvalue weighted by Gasteiger charge is 2.07. The number of benzene rings is 1. The van der Waals surface area contributed by atoms with E-state index in [1.165, 1.54) is 10.9 Å². The van der Waals surface area contributed by atoms with E-state index in [2.05, 4.69) is 33.2 Å². The molecule has 2 rings (SSSR count). The Morgan fingerprint density at radius 2 is 2.28 bits per heavy atom. The molecule has 0 unspecified atom stereocenters. The Hall–Kier alpha value is -0.780. The number of hydrogen-bond acceptors (Lipinski definition) is 3. The average molecular weight is 329 g/mol. The molecule has 0 fully saturated rings. The van der Waals surface area contributed by atoms with E-state index in [0.29, 0.717) is 4.47 Å². The third-order valence-corrected chi connectivity index (χ3v) is 4.14. The molecular formula is C13H14BrFN2S. The van der Waals surface area contributed by atoms with Crippen molar-refractivity contribution in [1.29, 1.82) is 0 Å². The number of nitrogens with zero attached hydrogens (tertiary/aromatic N) is 1. The number of halogens is 2. The predicted molar refractivity (Wildman–Crippen MR) is 77.2 cm³/mol. The molecular weight excluding hydrogens is 315 g/mol. The minimum Gasteiger partial charge on any atom is -0.312 e. The lowest BCUT2D eigenvalue weighted by Crippen LogP contribution is -2.12. The molecule has 96 valence electrons. The third-order valence-electron chi connectivity index (χ3n) is 2.45. The predicted octanol–water partition coefficient (Wildman–Crippen LogP) is 4.21. The van der Waals surface area contributed by atoms with Gasteiger partial charge in [-0.05, 0) is 41.0 Å². The number of rotatable bonds is 5. The van der Waals surface area contributed by atoms with Crippen LogP contribution in [-0.2, 0) is 6.54 Å². The minimum atomic E-state index is -0.256. The van der Waals surface area contributed by atoms with Gasteiger partial charge < -0.3 is 5.32 Å². The SMILES string of the molecule is CCCNCc1cnc(-c2ccc(Br)c(F)c2)s1. The number of nitrogens with one attached hydrogen (secondary N) is 1. The summed E-state index contributed by atoms with van der Waals surface area (Å²) in [5.74, 6) is -0.256. The summed E-state index contributed by atoms with van der Waals surface area (Å²) in [6.07, 6.45) is 2.96. The monoisotopic (exact) mass is 328 g/mol. The molecule has 0 aliphatic carbocycles. The maximum atomic E-state index is 13.4. The molecule has 0 saturated carbocycles. The molecule has 0 saturated heterocycles. The third kappa shape index (κ3) is 3.37. The van der Waals surface area contributed by atoms with Gasteiger partial charge in [-0.15, -0.1) is 11.3 Å². The number of aromatic nitrogens is 1. The van der Waals surface area contributed by atoms with Crippen LogP contribution in [0.1, 0.15) is 18.2 Å². The average Bonchev–Trinajstić information content (AvgIpc) is 2.82. The van der Waals surface area contributed by atoms with Crippen LogP contribution in [0.3, 0.4) is 0 Å². The second-order valence-electron chi connectivity index (χ2n) is 3.94. The highest BCUT2D eigenvalue weighted by molar-refractivity contribution is 9.10. The summed E-state index contributed by atoms with van der Waals surface area (Å²) in [5.41, 5.74) is 0.822. The summed E-state index contributed by atoms with van der Waals surface area (Å²) in [6.45, 7) is 3.96. The molecule has 5 heteroatoms. The van der Waals surface area contributed by atoms with Gasteiger partial charge in [0.2, 0.25) is 0 Å². The second kappa shape index (κ2) is 6.41. The number of thiazole rings is 1. The normalized spacial score (nSPS) is 10.8. The first-order valence-corrected chi connectivity index (χ1v) is 7.42. The first-order valence-electron chi connectivity index (χ1n) is 5.81. The first-order chi connectivity index (χ1) is 8.70. The van der Waals surface area contributed by atoms with Crippen molar-refractivity contribution in [1.82, 2.24) is 10.3 Å². The Bertz CT molecular complexity index is 527. The van der Waals surface area contributed by atoms with Gasteiger partial charge in [-0.2, -0.15) is 0 Å². The van der Waals surface area contributed by atoms with E-state index >= 15 is 0 Å². The molecule has 1 aromatic carbocycles. The molecule has 1 heterocycles. The largest absolute Gasteiger partial charge is 0.312 e. The fourth-order valence-corrected chi connectivity index (χ4v) is 2.67. The molecule has 0 spiro atoms. The van der Waals surface area contributed by atoms with Crippen LogP contribution in [0.4, 0.5) is 4.39 Å². The number of hydrogen-bond donors (Lipinski definition) is 1. The molecule has 1 aromatic heterocycles. The van der Waals surface area contributed by atoms with E-state index in [4.69, 9.17) is 0 Å². The van der Waals surface area contributed by atoms with Gasteiger partial charge in [-0.25, -0.2) is 9.37 Å². The highest BCUT2D eigenvalue weighted by Crippen LogP contribution is 2.28. The van der Waals surface area contributed by atoms with E-state index < -0.39 is 0 Å². The van der Waals surface area contributed by atoms with Gasteiger partial charge in [-0.3, -0.25) is 0 Å². The standard InChI is InChI=1S/C13H14BrFN2S/c1-2-5-16-7-10-8-17-13(18-10)9-3-4-11(14)12(15)6-9/h3-4,6,8,16H,2,5,7H2,1H3. The molecule has 0 amide bonds. The highest BCUT2D eigenvalue weighted by atomic mass is 79.9. The lowest BCUT2D eigenvalue weighted by Gasteiger charge is -1.99. The van der Waals surface area contributed by atoms with Crippen molar-refractivity contribution in [2.45, 2.75) is 19.9 Å². The quantitative estimate of drug-likeness (QED) is 0.831. The van der Waals surface area contributed by atoms with Crippen LogP contribution >= 0.6 is 27.3 Å². The Labute approximate surface area is 118 Å². The van der Waals surface area contributed by atoms with Crippen LogP contribution in [0.25, 0.3) is 10.6 Å². The lowest BCUT2D eigenvalue weighted by atomic mass is 10.2. The zero-order chi connectivity index (χ0) is 13.0. The van der Waals surface area contributed by atoms with Gasteiger partial charge in [0.05, 0.1) is 4.47 Å². The van der Waals surface area contributed by atoms with Crippen LogP contribution < -0.4 is 5.32 Å². The summed E-state index contributed by atoms with van der Waals surface area (Å²) in [7, 11) is 0. The maximum absolute atomic E-state index is 13.4. The van der Waals surface area contributed by atoms with Crippen molar-refractivity contribution < 1.29 is 4.39 Å². The van der Waals surface area contributed by atoms with Crippen LogP contribution in [0, 0.1) is 5.82 Å². The molecule has 2 aromatic rings. The van der Waals surface area contributed by atoms with Crippen molar-refractivity contribution >= 4 is 27.3 Å². The fourth-order valence-electron chi connectivity index (χ4n) is 1.54. The smallest absolute Gasteiger partial charge is 0.138 e. The Kier molecular flexibility index (Phi) is 4.86. The summed E-state index contributed by atoms with van der Waals surface area (Å²) in [5, 5.41) is 4.18. The van der Waals surface area contributed by atoms with E-state index in [1.54, 1.807) is 17.4 Å². The van der Waals surface area contributed by atoms with Crippen LogP contribution in [0.2, 0.25) is 0 Å². The van der Waals surface area contributed by atoms with Gasteiger partial charge in [0.25, 0.3) is 0 Å². The lowest BCUT2D eigenvalue weighted by molar-refractivity contribution is 0.621. The molecule has 0 bridgehead atoms. The summed E-state index contributed by atoms with van der Waals surface area (Å²) < 4.78 is 13.9. The van der Waals surface area contributed by atoms with Crippen molar-refractivity contribution in [2.75, 3.05) is 6.54 Å². The molecule has 0 radical (unpaired) electrons. The molecule has 1 N–H and O–H groups in total. The molecule has 2 nitrogen and oxygen atoms in total.